The lowest BCUT2D eigenvalue weighted by molar-refractivity contribution is -0.120. The Labute approximate surface area is 159 Å². The van der Waals surface area contributed by atoms with E-state index in [1.165, 1.54) is 18.5 Å². The molecule has 3 aromatic carbocycles. The first-order valence-electron chi connectivity index (χ1n) is 9.43. The van der Waals surface area contributed by atoms with Crippen molar-refractivity contribution in [2.24, 2.45) is 5.10 Å². The maximum absolute atomic E-state index is 12.2. The molecule has 4 nitrogen and oxygen atoms in total. The molecule has 0 saturated carbocycles. The van der Waals surface area contributed by atoms with Crippen LogP contribution in [0.1, 0.15) is 24.0 Å². The minimum absolute atomic E-state index is 0.115. The average molecular weight is 357 g/mol. The number of hydrogen-bond donors (Lipinski definition) is 1. The minimum Gasteiger partial charge on any atom is -0.372 e. The topological polar surface area (TPSA) is 44.7 Å². The summed E-state index contributed by atoms with van der Waals surface area (Å²) in [6, 6.07) is 22.4. The summed E-state index contributed by atoms with van der Waals surface area (Å²) in [7, 11) is 0. The van der Waals surface area contributed by atoms with Crippen LogP contribution in [-0.2, 0) is 11.2 Å². The van der Waals surface area contributed by atoms with Gasteiger partial charge in [0.25, 0.3) is 0 Å². The molecule has 0 unspecified atom stereocenters. The van der Waals surface area contributed by atoms with Crippen LogP contribution in [0, 0.1) is 0 Å². The number of fused-ring (bicyclic) bond motifs is 1. The Hall–Kier alpha value is -3.14. The van der Waals surface area contributed by atoms with Gasteiger partial charge in [0, 0.05) is 18.8 Å². The van der Waals surface area contributed by atoms with E-state index in [1.54, 1.807) is 6.21 Å². The van der Waals surface area contributed by atoms with Crippen LogP contribution in [0.5, 0.6) is 0 Å². The van der Waals surface area contributed by atoms with Gasteiger partial charge in [0.05, 0.1) is 12.6 Å². The van der Waals surface area contributed by atoms with Gasteiger partial charge < -0.3 is 4.90 Å². The van der Waals surface area contributed by atoms with Crippen LogP contribution in [0.3, 0.4) is 0 Å². The van der Waals surface area contributed by atoms with Crippen molar-refractivity contribution < 1.29 is 4.79 Å². The third-order valence-corrected chi connectivity index (χ3v) is 5.00. The van der Waals surface area contributed by atoms with E-state index in [0.717, 1.165) is 35.0 Å². The summed E-state index contributed by atoms with van der Waals surface area (Å²) in [5.74, 6) is -0.115. The molecule has 1 fully saturated rings. The fourth-order valence-corrected chi connectivity index (χ4v) is 3.58. The number of amides is 1. The SMILES string of the molecule is O=C(Cc1cccc2ccccc12)NN=Cc1ccc(N2CCCC2)cc1. The average Bonchev–Trinajstić information content (AvgIpc) is 3.24. The number of nitrogens with one attached hydrogen (secondary N) is 1. The van der Waals surface area contributed by atoms with Crippen molar-refractivity contribution in [3.05, 3.63) is 77.9 Å². The van der Waals surface area contributed by atoms with Crippen LogP contribution in [0.4, 0.5) is 5.69 Å². The summed E-state index contributed by atoms with van der Waals surface area (Å²) in [6.45, 7) is 2.27. The summed E-state index contributed by atoms with van der Waals surface area (Å²) in [4.78, 5) is 14.6. The molecule has 1 aliphatic rings. The van der Waals surface area contributed by atoms with Crippen molar-refractivity contribution in [3.63, 3.8) is 0 Å². The number of nitrogens with zero attached hydrogens (tertiary/aromatic N) is 2. The van der Waals surface area contributed by atoms with E-state index in [4.69, 9.17) is 0 Å². The van der Waals surface area contributed by atoms with Crippen molar-refractivity contribution in [3.8, 4) is 0 Å². The third-order valence-electron chi connectivity index (χ3n) is 5.00. The summed E-state index contributed by atoms with van der Waals surface area (Å²) in [5.41, 5.74) is 5.87. The Morgan fingerprint density at radius 2 is 1.70 bits per heavy atom. The largest absolute Gasteiger partial charge is 0.372 e. The van der Waals surface area contributed by atoms with Gasteiger partial charge in [-0.25, -0.2) is 5.43 Å². The van der Waals surface area contributed by atoms with Gasteiger partial charge >= 0.3 is 0 Å². The highest BCUT2D eigenvalue weighted by atomic mass is 16.2. The molecule has 4 heteroatoms. The predicted molar refractivity (Wildman–Crippen MR) is 111 cm³/mol. The molecule has 1 saturated heterocycles. The normalized spacial score (nSPS) is 14.1. The van der Waals surface area contributed by atoms with Gasteiger partial charge in [-0.3, -0.25) is 4.79 Å². The zero-order valence-electron chi connectivity index (χ0n) is 15.3. The standard InChI is InChI=1S/C23H23N3O/c27-23(16-20-8-5-7-19-6-1-2-9-22(19)20)25-24-17-18-10-12-21(13-11-18)26-14-3-4-15-26/h1-2,5-13,17H,3-4,14-16H2,(H,25,27). The number of hydrazone groups is 1. The Kier molecular flexibility index (Phi) is 5.15. The van der Waals surface area contributed by atoms with Gasteiger partial charge in [0.1, 0.15) is 0 Å². The van der Waals surface area contributed by atoms with Crippen molar-refractivity contribution in [1.82, 2.24) is 5.43 Å². The van der Waals surface area contributed by atoms with Crippen molar-refractivity contribution >= 4 is 28.6 Å². The Morgan fingerprint density at radius 1 is 0.963 bits per heavy atom. The zero-order valence-corrected chi connectivity index (χ0v) is 15.3. The van der Waals surface area contributed by atoms with E-state index in [9.17, 15) is 4.79 Å². The van der Waals surface area contributed by atoms with E-state index in [0.29, 0.717) is 6.42 Å². The minimum atomic E-state index is -0.115. The van der Waals surface area contributed by atoms with Gasteiger partial charge in [-0.1, -0.05) is 54.6 Å². The van der Waals surface area contributed by atoms with Crippen molar-refractivity contribution in [2.45, 2.75) is 19.3 Å². The molecule has 27 heavy (non-hydrogen) atoms. The molecule has 0 atom stereocenters. The molecule has 0 spiro atoms. The van der Waals surface area contributed by atoms with Gasteiger partial charge in [0.2, 0.25) is 5.91 Å². The second-order valence-electron chi connectivity index (χ2n) is 6.89. The summed E-state index contributed by atoms with van der Waals surface area (Å²) in [6.07, 6.45) is 4.54. The first-order valence-corrected chi connectivity index (χ1v) is 9.43. The smallest absolute Gasteiger partial charge is 0.244 e. The maximum atomic E-state index is 12.2. The van der Waals surface area contributed by atoms with Crippen LogP contribution in [0.25, 0.3) is 10.8 Å². The number of rotatable bonds is 5. The summed E-state index contributed by atoms with van der Waals surface area (Å²) >= 11 is 0. The molecule has 4 rings (SSSR count). The highest BCUT2D eigenvalue weighted by Crippen LogP contribution is 2.20. The first-order chi connectivity index (χ1) is 13.3. The number of carbonyl (C=O) groups excluding carboxylic acids is 1. The molecular weight excluding hydrogens is 334 g/mol. The number of hydrogen-bond acceptors (Lipinski definition) is 3. The highest BCUT2D eigenvalue weighted by Gasteiger charge is 2.11. The van der Waals surface area contributed by atoms with Gasteiger partial charge in [0.15, 0.2) is 0 Å². The van der Waals surface area contributed by atoms with Gasteiger partial charge in [-0.2, -0.15) is 5.10 Å². The summed E-state index contributed by atoms with van der Waals surface area (Å²) < 4.78 is 0. The quantitative estimate of drug-likeness (QED) is 0.551. The molecule has 1 amide bonds. The molecule has 0 aromatic heterocycles. The zero-order chi connectivity index (χ0) is 18.5. The molecule has 0 radical (unpaired) electrons. The van der Waals surface area contributed by atoms with E-state index in [-0.39, 0.29) is 5.91 Å². The molecule has 0 aliphatic carbocycles. The van der Waals surface area contributed by atoms with Gasteiger partial charge in [-0.15, -0.1) is 0 Å². The molecule has 0 bridgehead atoms. The molecular formula is C23H23N3O. The molecule has 1 heterocycles. The second kappa shape index (κ2) is 8.04. The fraction of sp³-hybridized carbons (Fsp3) is 0.217. The van der Waals surface area contributed by atoms with Crippen LogP contribution < -0.4 is 10.3 Å². The van der Waals surface area contributed by atoms with E-state index >= 15 is 0 Å². The van der Waals surface area contributed by atoms with Crippen LogP contribution in [0.15, 0.2) is 71.8 Å². The number of benzene rings is 3. The van der Waals surface area contributed by atoms with E-state index in [1.807, 2.05) is 42.5 Å². The molecule has 136 valence electrons. The number of anilines is 1. The third kappa shape index (κ3) is 4.17. The highest BCUT2D eigenvalue weighted by molar-refractivity contribution is 5.90. The monoisotopic (exact) mass is 357 g/mol. The second-order valence-corrected chi connectivity index (χ2v) is 6.89. The Balaban J connectivity index is 1.36. The number of carbonyl (C=O) groups is 1. The Morgan fingerprint density at radius 3 is 2.52 bits per heavy atom. The molecule has 1 N–H and O–H groups in total. The molecule has 1 aliphatic heterocycles. The van der Waals surface area contributed by atoms with E-state index < -0.39 is 0 Å². The lowest BCUT2D eigenvalue weighted by Gasteiger charge is -2.17. The van der Waals surface area contributed by atoms with Crippen LogP contribution >= 0.6 is 0 Å². The lowest BCUT2D eigenvalue weighted by atomic mass is 10.0. The van der Waals surface area contributed by atoms with Crippen LogP contribution in [0.2, 0.25) is 0 Å². The van der Waals surface area contributed by atoms with Crippen LogP contribution in [-0.4, -0.2) is 25.2 Å². The van der Waals surface area contributed by atoms with Crippen molar-refractivity contribution in [2.75, 3.05) is 18.0 Å². The Bertz CT molecular complexity index is 952. The maximum Gasteiger partial charge on any atom is 0.244 e. The van der Waals surface area contributed by atoms with Gasteiger partial charge in [-0.05, 0) is 46.9 Å². The molecule has 3 aromatic rings. The lowest BCUT2D eigenvalue weighted by Crippen LogP contribution is -2.20. The van der Waals surface area contributed by atoms with E-state index in [2.05, 4.69) is 39.7 Å². The predicted octanol–water partition coefficient (Wildman–Crippen LogP) is 4.13. The first kappa shape index (κ1) is 17.3. The van der Waals surface area contributed by atoms with Crippen molar-refractivity contribution in [1.29, 1.82) is 0 Å². The summed E-state index contributed by atoms with van der Waals surface area (Å²) in [5, 5.41) is 6.36. The fourth-order valence-electron chi connectivity index (χ4n) is 3.58.